The van der Waals surface area contributed by atoms with Crippen LogP contribution in [0.1, 0.15) is 30.0 Å². The molecule has 1 fully saturated rings. The average Bonchev–Trinajstić information content (AvgIpc) is 2.45. The number of hydrogen-bond donors (Lipinski definition) is 2. The van der Waals surface area contributed by atoms with E-state index in [1.807, 2.05) is 0 Å². The van der Waals surface area contributed by atoms with Gasteiger partial charge in [0.25, 0.3) is 0 Å². The van der Waals surface area contributed by atoms with Crippen LogP contribution in [0.2, 0.25) is 0 Å². The van der Waals surface area contributed by atoms with E-state index in [2.05, 4.69) is 34.5 Å². The van der Waals surface area contributed by atoms with Crippen molar-refractivity contribution in [3.05, 3.63) is 35.4 Å². The Labute approximate surface area is 109 Å². The Bertz CT molecular complexity index is 404. The van der Waals surface area contributed by atoms with E-state index in [0.29, 0.717) is 12.1 Å². The molecule has 2 aliphatic heterocycles. The maximum Gasteiger partial charge on any atom is 0.0365 e. The van der Waals surface area contributed by atoms with Gasteiger partial charge in [-0.3, -0.25) is 4.90 Å². The number of rotatable bonds is 3. The minimum absolute atomic E-state index is 0.624. The monoisotopic (exact) mass is 245 g/mol. The van der Waals surface area contributed by atoms with Crippen LogP contribution in [0.4, 0.5) is 0 Å². The standard InChI is InChI=1S/C15H23N3/c16-7-8-17-13-6-10-18-9-5-12-3-1-2-4-14(12)15(18)11-13/h1-4,13,15,17H,5-11,16H2/t13-,15-/m0/s1. The Morgan fingerprint density at radius 2 is 2.17 bits per heavy atom. The summed E-state index contributed by atoms with van der Waals surface area (Å²) < 4.78 is 0. The molecule has 1 aromatic rings. The molecule has 0 unspecified atom stereocenters. The van der Waals surface area contributed by atoms with Crippen molar-refractivity contribution in [2.45, 2.75) is 31.3 Å². The molecule has 3 N–H and O–H groups in total. The second-order valence-electron chi connectivity index (χ2n) is 5.46. The summed E-state index contributed by atoms with van der Waals surface area (Å²) in [7, 11) is 0. The van der Waals surface area contributed by atoms with Gasteiger partial charge < -0.3 is 11.1 Å². The highest BCUT2D eigenvalue weighted by Crippen LogP contribution is 2.36. The fraction of sp³-hybridized carbons (Fsp3) is 0.600. The molecule has 2 heterocycles. The maximum absolute atomic E-state index is 5.58. The summed E-state index contributed by atoms with van der Waals surface area (Å²) >= 11 is 0. The fourth-order valence-electron chi connectivity index (χ4n) is 3.43. The van der Waals surface area contributed by atoms with E-state index in [1.54, 1.807) is 11.1 Å². The number of hydrogen-bond acceptors (Lipinski definition) is 3. The molecule has 3 nitrogen and oxygen atoms in total. The first-order valence-electron chi connectivity index (χ1n) is 7.14. The Morgan fingerprint density at radius 3 is 3.06 bits per heavy atom. The highest BCUT2D eigenvalue weighted by atomic mass is 15.2. The van der Waals surface area contributed by atoms with Crippen molar-refractivity contribution in [3.8, 4) is 0 Å². The average molecular weight is 245 g/mol. The zero-order valence-corrected chi connectivity index (χ0v) is 10.9. The first kappa shape index (κ1) is 12.2. The van der Waals surface area contributed by atoms with Crippen LogP contribution in [0.3, 0.4) is 0 Å². The van der Waals surface area contributed by atoms with Crippen LogP contribution >= 0.6 is 0 Å². The molecular weight excluding hydrogens is 222 g/mol. The molecule has 98 valence electrons. The van der Waals surface area contributed by atoms with Crippen LogP contribution in [0, 0.1) is 0 Å². The summed E-state index contributed by atoms with van der Waals surface area (Å²) in [5, 5.41) is 3.58. The van der Waals surface area contributed by atoms with Crippen LogP contribution in [-0.2, 0) is 6.42 Å². The van der Waals surface area contributed by atoms with E-state index in [9.17, 15) is 0 Å². The van der Waals surface area contributed by atoms with Gasteiger partial charge in [-0.2, -0.15) is 0 Å². The molecule has 3 rings (SSSR count). The number of nitrogens with two attached hydrogens (primary N) is 1. The van der Waals surface area contributed by atoms with Crippen LogP contribution in [-0.4, -0.2) is 37.1 Å². The van der Waals surface area contributed by atoms with Crippen LogP contribution in [0.15, 0.2) is 24.3 Å². The quantitative estimate of drug-likeness (QED) is 0.843. The Morgan fingerprint density at radius 1 is 1.28 bits per heavy atom. The van der Waals surface area contributed by atoms with Crippen molar-refractivity contribution in [1.82, 2.24) is 10.2 Å². The van der Waals surface area contributed by atoms with Gasteiger partial charge in [-0.05, 0) is 30.4 Å². The molecule has 1 saturated heterocycles. The highest BCUT2D eigenvalue weighted by molar-refractivity contribution is 5.33. The fourth-order valence-corrected chi connectivity index (χ4v) is 3.43. The normalized spacial score (nSPS) is 27.6. The van der Waals surface area contributed by atoms with Crippen molar-refractivity contribution in [1.29, 1.82) is 0 Å². The molecule has 0 amide bonds. The lowest BCUT2D eigenvalue weighted by atomic mass is 9.85. The maximum atomic E-state index is 5.58. The van der Waals surface area contributed by atoms with Crippen LogP contribution in [0.25, 0.3) is 0 Å². The van der Waals surface area contributed by atoms with Crippen LogP contribution < -0.4 is 11.1 Å². The molecule has 18 heavy (non-hydrogen) atoms. The third kappa shape index (κ3) is 2.30. The van der Waals surface area contributed by atoms with Gasteiger partial charge >= 0.3 is 0 Å². The summed E-state index contributed by atoms with van der Waals surface area (Å²) in [6, 6.07) is 10.2. The van der Waals surface area contributed by atoms with Crippen molar-refractivity contribution in [3.63, 3.8) is 0 Å². The molecule has 0 saturated carbocycles. The van der Waals surface area contributed by atoms with E-state index < -0.39 is 0 Å². The Hall–Kier alpha value is -0.900. The number of nitrogens with zero attached hydrogens (tertiary/aromatic N) is 1. The summed E-state index contributed by atoms with van der Waals surface area (Å²) in [6.07, 6.45) is 3.71. The van der Waals surface area contributed by atoms with Gasteiger partial charge in [0, 0.05) is 38.3 Å². The second kappa shape index (κ2) is 5.39. The van der Waals surface area contributed by atoms with Gasteiger partial charge in [0.05, 0.1) is 0 Å². The lowest BCUT2D eigenvalue weighted by Crippen LogP contribution is -2.47. The smallest absolute Gasteiger partial charge is 0.0365 e. The third-order valence-electron chi connectivity index (χ3n) is 4.37. The first-order chi connectivity index (χ1) is 8.88. The highest BCUT2D eigenvalue weighted by Gasteiger charge is 2.32. The first-order valence-corrected chi connectivity index (χ1v) is 7.14. The van der Waals surface area contributed by atoms with Crippen LogP contribution in [0.5, 0.6) is 0 Å². The van der Waals surface area contributed by atoms with Gasteiger partial charge in [-0.25, -0.2) is 0 Å². The SMILES string of the molecule is NCCN[C@H]1CCN2CCc3ccccc3[C@@H]2C1. The van der Waals surface area contributed by atoms with Crippen molar-refractivity contribution >= 4 is 0 Å². The minimum Gasteiger partial charge on any atom is -0.329 e. The lowest BCUT2D eigenvalue weighted by Gasteiger charge is -2.43. The van der Waals surface area contributed by atoms with Gasteiger partial charge in [0.1, 0.15) is 0 Å². The van der Waals surface area contributed by atoms with Gasteiger partial charge in [-0.1, -0.05) is 24.3 Å². The zero-order valence-electron chi connectivity index (χ0n) is 10.9. The number of fused-ring (bicyclic) bond motifs is 3. The number of nitrogens with one attached hydrogen (secondary N) is 1. The molecule has 2 aliphatic rings. The minimum atomic E-state index is 0.624. The largest absolute Gasteiger partial charge is 0.329 e. The lowest BCUT2D eigenvalue weighted by molar-refractivity contribution is 0.116. The van der Waals surface area contributed by atoms with Gasteiger partial charge in [0.15, 0.2) is 0 Å². The molecule has 3 heteroatoms. The third-order valence-corrected chi connectivity index (χ3v) is 4.37. The Balaban J connectivity index is 1.75. The molecule has 2 atom stereocenters. The predicted molar refractivity (Wildman–Crippen MR) is 74.5 cm³/mol. The van der Waals surface area contributed by atoms with Crippen molar-refractivity contribution in [2.75, 3.05) is 26.2 Å². The van der Waals surface area contributed by atoms with E-state index >= 15 is 0 Å². The topological polar surface area (TPSA) is 41.3 Å². The van der Waals surface area contributed by atoms with Gasteiger partial charge in [-0.15, -0.1) is 0 Å². The van der Waals surface area contributed by atoms with Crippen molar-refractivity contribution < 1.29 is 0 Å². The van der Waals surface area contributed by atoms with E-state index in [4.69, 9.17) is 5.73 Å². The number of benzene rings is 1. The molecule has 0 spiro atoms. The molecule has 0 radical (unpaired) electrons. The summed E-state index contributed by atoms with van der Waals surface area (Å²) in [5.74, 6) is 0. The van der Waals surface area contributed by atoms with E-state index in [1.165, 1.54) is 32.4 Å². The number of piperidine rings is 1. The molecule has 0 aliphatic carbocycles. The molecule has 1 aromatic carbocycles. The second-order valence-corrected chi connectivity index (χ2v) is 5.46. The zero-order chi connectivity index (χ0) is 12.4. The summed E-state index contributed by atoms with van der Waals surface area (Å²) in [5.41, 5.74) is 8.69. The van der Waals surface area contributed by atoms with E-state index in [-0.39, 0.29) is 0 Å². The predicted octanol–water partition coefficient (Wildman–Crippen LogP) is 1.30. The Kier molecular flexibility index (Phi) is 3.64. The molecular formula is C15H23N3. The van der Waals surface area contributed by atoms with E-state index in [0.717, 1.165) is 13.1 Å². The summed E-state index contributed by atoms with van der Waals surface area (Å²) in [6.45, 7) is 4.13. The molecule has 0 aromatic heterocycles. The van der Waals surface area contributed by atoms with Gasteiger partial charge in [0.2, 0.25) is 0 Å². The summed E-state index contributed by atoms with van der Waals surface area (Å²) in [4.78, 5) is 2.66. The molecule has 0 bridgehead atoms. The van der Waals surface area contributed by atoms with Crippen molar-refractivity contribution in [2.24, 2.45) is 5.73 Å².